The summed E-state index contributed by atoms with van der Waals surface area (Å²) in [6.45, 7) is 11.1. The molecular weight excluding hydrogens is 1200 g/mol. The Balaban J connectivity index is 0.00000656. The Morgan fingerprint density at radius 1 is 0.411 bits per heavy atom. The number of benzene rings is 7. The number of hydrogen-bond donors (Lipinski definition) is 0. The maximum absolute atomic E-state index is 5.22. The summed E-state index contributed by atoms with van der Waals surface area (Å²) in [5, 5.41) is 0. The minimum absolute atomic E-state index is 0. The van der Waals surface area contributed by atoms with Crippen LogP contribution in [0, 0.1) is 32.0 Å². The van der Waals surface area contributed by atoms with Gasteiger partial charge in [0.05, 0.1) is 0 Å². The molecular formula is C67H54Br2IrN3. The van der Waals surface area contributed by atoms with Gasteiger partial charge in [-0.05, 0) is 123 Å². The van der Waals surface area contributed by atoms with Crippen LogP contribution >= 0.6 is 31.9 Å². The predicted molar refractivity (Wildman–Crippen MR) is 306 cm³/mol. The van der Waals surface area contributed by atoms with Crippen LogP contribution in [0.2, 0.25) is 0 Å². The van der Waals surface area contributed by atoms with Crippen molar-refractivity contribution in [1.29, 1.82) is 0 Å². The number of halogens is 2. The Hall–Kier alpha value is -6.40. The number of nitrogens with zero attached hydrogens (tertiary/aromatic N) is 3. The molecule has 10 rings (SSSR count). The van der Waals surface area contributed by atoms with E-state index >= 15 is 0 Å². The summed E-state index contributed by atoms with van der Waals surface area (Å²) in [7, 11) is 0. The molecule has 0 saturated heterocycles. The smallest absolute Gasteiger partial charge is 0.304 e. The SMILES string of the molecule is Cc1cc(-c2[c-]ccc(Br)c2)ncc1CCc1cc(CCc2cnc(-c3[c-]ccc(Br)c3)cc2C)cc(-c2ccccc2-c2cnc(-c3[c-]ccc(C(C)(C)C)c3)cc2-c2ccc(-c3ccccc3)cc2)c1.[Ir+3]. The summed E-state index contributed by atoms with van der Waals surface area (Å²) in [4.78, 5) is 15.1. The van der Waals surface area contributed by atoms with Crippen molar-refractivity contribution in [2.45, 2.75) is 65.7 Å². The first-order chi connectivity index (χ1) is 34.9. The first-order valence-corrected chi connectivity index (χ1v) is 26.2. The third-order valence-corrected chi connectivity index (χ3v) is 14.6. The largest absolute Gasteiger partial charge is 3.00 e. The van der Waals surface area contributed by atoms with Crippen LogP contribution < -0.4 is 0 Å². The number of pyridine rings is 3. The van der Waals surface area contributed by atoms with Crippen molar-refractivity contribution >= 4 is 31.9 Å². The Kier molecular flexibility index (Phi) is 16.1. The molecule has 6 heteroatoms. The van der Waals surface area contributed by atoms with Crippen LogP contribution in [0.15, 0.2) is 197 Å². The molecule has 0 unspecified atom stereocenters. The summed E-state index contributed by atoms with van der Waals surface area (Å²) in [5.74, 6) is 0. The third-order valence-electron chi connectivity index (χ3n) is 13.6. The predicted octanol–water partition coefficient (Wildman–Crippen LogP) is 17.9. The third kappa shape index (κ3) is 12.2. The first kappa shape index (κ1) is 51.5. The Morgan fingerprint density at radius 2 is 0.890 bits per heavy atom. The Bertz CT molecular complexity index is 3440. The number of aryl methyl sites for hydroxylation is 6. The second kappa shape index (κ2) is 22.8. The van der Waals surface area contributed by atoms with Gasteiger partial charge >= 0.3 is 20.1 Å². The minimum atomic E-state index is -0.00890. The van der Waals surface area contributed by atoms with E-state index in [-0.39, 0.29) is 25.5 Å². The molecule has 0 bridgehead atoms. The fraction of sp³-hybridized carbons (Fsp3) is 0.149. The summed E-state index contributed by atoms with van der Waals surface area (Å²) in [6, 6.07) is 70.9. The van der Waals surface area contributed by atoms with Crippen LogP contribution in [0.1, 0.15) is 59.7 Å². The zero-order valence-electron chi connectivity index (χ0n) is 41.7. The van der Waals surface area contributed by atoms with Crippen LogP contribution in [-0.4, -0.2) is 15.0 Å². The second-order valence-electron chi connectivity index (χ2n) is 19.7. The van der Waals surface area contributed by atoms with E-state index in [0.717, 1.165) is 90.7 Å². The van der Waals surface area contributed by atoms with Crippen molar-refractivity contribution in [3.05, 3.63) is 255 Å². The molecule has 3 heterocycles. The van der Waals surface area contributed by atoms with E-state index in [4.69, 9.17) is 15.0 Å². The molecule has 0 aliphatic heterocycles. The van der Waals surface area contributed by atoms with Crippen LogP contribution in [0.3, 0.4) is 0 Å². The van der Waals surface area contributed by atoms with Gasteiger partial charge in [-0.2, -0.15) is 0 Å². The molecule has 0 spiro atoms. The summed E-state index contributed by atoms with van der Waals surface area (Å²) in [5.41, 5.74) is 23.6. The molecule has 0 aliphatic rings. The van der Waals surface area contributed by atoms with Gasteiger partial charge in [0.2, 0.25) is 0 Å². The van der Waals surface area contributed by atoms with Gasteiger partial charge in [0.1, 0.15) is 0 Å². The van der Waals surface area contributed by atoms with Crippen molar-refractivity contribution in [3.63, 3.8) is 0 Å². The summed E-state index contributed by atoms with van der Waals surface area (Å²) in [6.07, 6.45) is 9.64. The van der Waals surface area contributed by atoms with Crippen LogP contribution in [0.5, 0.6) is 0 Å². The standard InChI is InChI=1S/C67H54Br2N3.Ir/c1-44-32-64(52-17-12-20-58(68)38-52)70-41-54(44)26-24-46-34-47(25-27-55-42-71-65(33-45(55)2)53-18-13-21-59(69)39-53)36-56(35-46)60-22-9-10-23-61(60)63-43-72-66(51-16-11-19-57(37-51)67(3,4)5)40-62(63)50-30-28-49(29-31-50)48-14-7-6-8-15-48;/h6-15,19-23,28-43H,24-27H2,1-5H3;/q-3;+3. The fourth-order valence-corrected chi connectivity index (χ4v) is 10.2. The quantitative estimate of drug-likeness (QED) is 0.108. The van der Waals surface area contributed by atoms with Crippen LogP contribution in [-0.2, 0) is 51.2 Å². The summed E-state index contributed by atoms with van der Waals surface area (Å²) < 4.78 is 2.03. The van der Waals surface area contributed by atoms with E-state index in [2.05, 4.69) is 230 Å². The Labute approximate surface area is 461 Å². The van der Waals surface area contributed by atoms with Crippen LogP contribution in [0.25, 0.3) is 78.3 Å². The second-order valence-corrected chi connectivity index (χ2v) is 21.5. The zero-order valence-corrected chi connectivity index (χ0v) is 47.2. The molecule has 3 aromatic heterocycles. The van der Waals surface area contributed by atoms with Crippen molar-refractivity contribution in [1.82, 2.24) is 15.0 Å². The summed E-state index contributed by atoms with van der Waals surface area (Å²) >= 11 is 7.23. The monoisotopic (exact) mass is 1250 g/mol. The maximum Gasteiger partial charge on any atom is 3.00 e. The van der Waals surface area contributed by atoms with Gasteiger partial charge in [0.15, 0.2) is 0 Å². The van der Waals surface area contributed by atoms with Gasteiger partial charge in [-0.3, -0.25) is 0 Å². The molecule has 360 valence electrons. The van der Waals surface area contributed by atoms with E-state index < -0.39 is 0 Å². The van der Waals surface area contributed by atoms with Gasteiger partial charge < -0.3 is 15.0 Å². The normalized spacial score (nSPS) is 11.3. The van der Waals surface area contributed by atoms with Gasteiger partial charge in [-0.15, -0.1) is 95.1 Å². The van der Waals surface area contributed by atoms with Gasteiger partial charge in [-0.25, -0.2) is 0 Å². The fourth-order valence-electron chi connectivity index (χ4n) is 9.50. The zero-order chi connectivity index (χ0) is 49.8. The van der Waals surface area contributed by atoms with E-state index in [0.29, 0.717) is 0 Å². The van der Waals surface area contributed by atoms with Crippen molar-refractivity contribution in [3.8, 4) is 78.3 Å². The van der Waals surface area contributed by atoms with Crippen molar-refractivity contribution in [2.24, 2.45) is 0 Å². The topological polar surface area (TPSA) is 38.7 Å². The maximum atomic E-state index is 5.22. The number of aromatic nitrogens is 3. The van der Waals surface area contributed by atoms with E-state index in [9.17, 15) is 0 Å². The first-order valence-electron chi connectivity index (χ1n) is 24.6. The molecule has 0 radical (unpaired) electrons. The molecule has 3 nitrogen and oxygen atoms in total. The molecule has 7 aromatic carbocycles. The molecule has 0 aliphatic carbocycles. The molecule has 0 fully saturated rings. The Morgan fingerprint density at radius 3 is 1.44 bits per heavy atom. The minimum Gasteiger partial charge on any atom is -0.304 e. The molecule has 0 atom stereocenters. The molecule has 0 N–H and O–H groups in total. The average molecular weight is 1250 g/mol. The van der Waals surface area contributed by atoms with Crippen molar-refractivity contribution < 1.29 is 20.1 Å². The van der Waals surface area contributed by atoms with Crippen molar-refractivity contribution in [2.75, 3.05) is 0 Å². The number of hydrogen-bond acceptors (Lipinski definition) is 3. The van der Waals surface area contributed by atoms with E-state index in [1.54, 1.807) is 0 Å². The molecule has 10 aromatic rings. The average Bonchev–Trinajstić information content (AvgIpc) is 3.40. The van der Waals surface area contributed by atoms with Gasteiger partial charge in [0, 0.05) is 24.2 Å². The van der Waals surface area contributed by atoms with Gasteiger partial charge in [0.25, 0.3) is 0 Å². The van der Waals surface area contributed by atoms with Gasteiger partial charge in [-0.1, -0.05) is 188 Å². The van der Waals surface area contributed by atoms with E-state index in [1.165, 1.54) is 61.2 Å². The van der Waals surface area contributed by atoms with E-state index in [1.807, 2.05) is 42.7 Å². The molecule has 0 saturated carbocycles. The molecule has 73 heavy (non-hydrogen) atoms. The molecule has 0 amide bonds. The van der Waals surface area contributed by atoms with Crippen LogP contribution in [0.4, 0.5) is 0 Å². The number of rotatable bonds is 13.